The number of nitrogens with one attached hydrogen (secondary N) is 2. The molecule has 0 bridgehead atoms. The molecular formula is C7H14N2O2. The molecule has 4 nitrogen and oxygen atoms in total. The lowest BCUT2D eigenvalue weighted by Crippen LogP contribution is -2.37. The molecule has 0 aliphatic carbocycles. The summed E-state index contributed by atoms with van der Waals surface area (Å²) in [6.07, 6.45) is 0.660. The highest BCUT2D eigenvalue weighted by atomic mass is 16.2. The molecule has 0 aromatic heterocycles. The van der Waals surface area contributed by atoms with Crippen molar-refractivity contribution in [1.29, 1.82) is 0 Å². The molecule has 0 atom stereocenters. The van der Waals surface area contributed by atoms with Crippen LogP contribution in [0.5, 0.6) is 0 Å². The third-order valence-corrected chi connectivity index (χ3v) is 1.05. The van der Waals surface area contributed by atoms with Crippen LogP contribution in [0.15, 0.2) is 0 Å². The van der Waals surface area contributed by atoms with E-state index in [0.29, 0.717) is 6.29 Å². The summed E-state index contributed by atoms with van der Waals surface area (Å²) in [5.41, 5.74) is 0. The Bertz CT molecular complexity index is 134. The maximum atomic E-state index is 10.8. The van der Waals surface area contributed by atoms with Gasteiger partial charge in [0.2, 0.25) is 5.91 Å². The van der Waals surface area contributed by atoms with E-state index in [-0.39, 0.29) is 25.0 Å². The first-order valence-electron chi connectivity index (χ1n) is 3.60. The molecule has 0 saturated heterocycles. The predicted molar refractivity (Wildman–Crippen MR) is 42.2 cm³/mol. The number of rotatable bonds is 5. The summed E-state index contributed by atoms with van der Waals surface area (Å²) >= 11 is 0. The van der Waals surface area contributed by atoms with Crippen LogP contribution < -0.4 is 10.6 Å². The van der Waals surface area contributed by atoms with Crippen LogP contribution in [0, 0.1) is 0 Å². The quantitative estimate of drug-likeness (QED) is 0.520. The van der Waals surface area contributed by atoms with Gasteiger partial charge in [0.1, 0.15) is 6.29 Å². The van der Waals surface area contributed by atoms with Crippen molar-refractivity contribution in [2.75, 3.05) is 13.1 Å². The summed E-state index contributed by atoms with van der Waals surface area (Å²) in [6.45, 7) is 4.27. The van der Waals surface area contributed by atoms with Crippen LogP contribution >= 0.6 is 0 Å². The fourth-order valence-corrected chi connectivity index (χ4v) is 0.515. The van der Waals surface area contributed by atoms with Crippen molar-refractivity contribution in [3.63, 3.8) is 0 Å². The lowest BCUT2D eigenvalue weighted by Gasteiger charge is -2.06. The molecule has 4 heteroatoms. The number of hydrogen-bond donors (Lipinski definition) is 2. The number of hydrogen-bond acceptors (Lipinski definition) is 3. The zero-order chi connectivity index (χ0) is 8.69. The third-order valence-electron chi connectivity index (χ3n) is 1.05. The number of aldehydes is 1. The second-order valence-electron chi connectivity index (χ2n) is 2.51. The van der Waals surface area contributed by atoms with Gasteiger partial charge in [-0.05, 0) is 0 Å². The lowest BCUT2D eigenvalue weighted by atomic mass is 10.4. The van der Waals surface area contributed by atoms with Crippen LogP contribution in [0.1, 0.15) is 13.8 Å². The molecule has 0 spiro atoms. The largest absolute Gasteiger partial charge is 0.348 e. The van der Waals surface area contributed by atoms with Gasteiger partial charge in [0.05, 0.1) is 13.1 Å². The molecule has 0 aliphatic rings. The van der Waals surface area contributed by atoms with Crippen molar-refractivity contribution in [2.45, 2.75) is 19.9 Å². The van der Waals surface area contributed by atoms with E-state index in [1.165, 1.54) is 0 Å². The summed E-state index contributed by atoms with van der Waals surface area (Å²) in [5, 5.41) is 5.34. The second-order valence-corrected chi connectivity index (χ2v) is 2.51. The SMILES string of the molecule is CC(C)NCC(=O)NCC=O. The average molecular weight is 158 g/mol. The van der Waals surface area contributed by atoms with Crippen LogP contribution in [-0.2, 0) is 9.59 Å². The molecule has 1 amide bonds. The van der Waals surface area contributed by atoms with Crippen molar-refractivity contribution in [3.8, 4) is 0 Å². The molecule has 64 valence electrons. The summed E-state index contributed by atoms with van der Waals surface area (Å²) in [6, 6.07) is 0.289. The molecular weight excluding hydrogens is 144 g/mol. The number of carbonyl (C=O) groups excluding carboxylic acids is 2. The van der Waals surface area contributed by atoms with Gasteiger partial charge in [-0.1, -0.05) is 13.8 Å². The van der Waals surface area contributed by atoms with Gasteiger partial charge in [0, 0.05) is 6.04 Å². The minimum Gasteiger partial charge on any atom is -0.348 e. The van der Waals surface area contributed by atoms with Gasteiger partial charge in [-0.3, -0.25) is 4.79 Å². The predicted octanol–water partition coefficient (Wildman–Crippen LogP) is -0.700. The summed E-state index contributed by atoms with van der Waals surface area (Å²) in [5.74, 6) is -0.147. The van der Waals surface area contributed by atoms with E-state index in [0.717, 1.165) is 0 Å². The number of carbonyl (C=O) groups is 2. The van der Waals surface area contributed by atoms with Crippen molar-refractivity contribution < 1.29 is 9.59 Å². The topological polar surface area (TPSA) is 58.2 Å². The second kappa shape index (κ2) is 5.85. The zero-order valence-corrected chi connectivity index (χ0v) is 6.89. The van der Waals surface area contributed by atoms with Crippen LogP contribution in [0.2, 0.25) is 0 Å². The van der Waals surface area contributed by atoms with Gasteiger partial charge >= 0.3 is 0 Å². The van der Waals surface area contributed by atoms with Crippen molar-refractivity contribution in [1.82, 2.24) is 10.6 Å². The molecule has 0 aromatic carbocycles. The highest BCUT2D eigenvalue weighted by Gasteiger charge is 1.99. The Hall–Kier alpha value is -0.900. The summed E-state index contributed by atoms with van der Waals surface area (Å²) < 4.78 is 0. The lowest BCUT2D eigenvalue weighted by molar-refractivity contribution is -0.121. The Morgan fingerprint density at radius 2 is 2.18 bits per heavy atom. The van der Waals surface area contributed by atoms with Crippen molar-refractivity contribution in [3.05, 3.63) is 0 Å². The van der Waals surface area contributed by atoms with Gasteiger partial charge in [-0.25, -0.2) is 0 Å². The van der Waals surface area contributed by atoms with Gasteiger partial charge in [-0.2, -0.15) is 0 Å². The molecule has 0 aliphatic heterocycles. The molecule has 0 saturated carbocycles. The maximum Gasteiger partial charge on any atom is 0.234 e. The van der Waals surface area contributed by atoms with E-state index in [2.05, 4.69) is 10.6 Å². The normalized spacial score (nSPS) is 9.73. The third kappa shape index (κ3) is 6.99. The highest BCUT2D eigenvalue weighted by Crippen LogP contribution is 1.73. The molecule has 0 rings (SSSR count). The van der Waals surface area contributed by atoms with Crippen LogP contribution in [0.4, 0.5) is 0 Å². The fourth-order valence-electron chi connectivity index (χ4n) is 0.515. The Morgan fingerprint density at radius 3 is 2.64 bits per heavy atom. The minimum atomic E-state index is -0.147. The smallest absolute Gasteiger partial charge is 0.234 e. The van der Waals surface area contributed by atoms with E-state index < -0.39 is 0 Å². The van der Waals surface area contributed by atoms with Crippen molar-refractivity contribution in [2.24, 2.45) is 0 Å². The molecule has 0 aromatic rings. The van der Waals surface area contributed by atoms with Gasteiger partial charge in [-0.15, -0.1) is 0 Å². The van der Waals surface area contributed by atoms with Gasteiger partial charge in [0.25, 0.3) is 0 Å². The molecule has 0 heterocycles. The van der Waals surface area contributed by atoms with Gasteiger partial charge < -0.3 is 15.4 Å². The molecule has 0 radical (unpaired) electrons. The molecule has 0 unspecified atom stereocenters. The Morgan fingerprint density at radius 1 is 1.55 bits per heavy atom. The van der Waals surface area contributed by atoms with E-state index in [1.807, 2.05) is 13.8 Å². The van der Waals surface area contributed by atoms with Crippen LogP contribution in [0.25, 0.3) is 0 Å². The van der Waals surface area contributed by atoms with E-state index in [1.54, 1.807) is 0 Å². The first kappa shape index (κ1) is 10.1. The Kier molecular flexibility index (Phi) is 5.37. The standard InChI is InChI=1S/C7H14N2O2/c1-6(2)9-5-7(11)8-3-4-10/h4,6,9H,3,5H2,1-2H3,(H,8,11). The zero-order valence-electron chi connectivity index (χ0n) is 6.89. The van der Waals surface area contributed by atoms with E-state index in [9.17, 15) is 9.59 Å². The van der Waals surface area contributed by atoms with Gasteiger partial charge in [0.15, 0.2) is 0 Å². The Balaban J connectivity index is 3.29. The molecule has 11 heavy (non-hydrogen) atoms. The summed E-state index contributed by atoms with van der Waals surface area (Å²) in [4.78, 5) is 20.6. The van der Waals surface area contributed by atoms with Crippen molar-refractivity contribution >= 4 is 12.2 Å². The fraction of sp³-hybridized carbons (Fsp3) is 0.714. The summed E-state index contributed by atoms with van der Waals surface area (Å²) in [7, 11) is 0. The Labute approximate surface area is 66.4 Å². The average Bonchev–Trinajstić information content (AvgIpc) is 1.97. The first-order chi connectivity index (χ1) is 5.16. The highest BCUT2D eigenvalue weighted by molar-refractivity contribution is 5.80. The minimum absolute atomic E-state index is 0.0958. The number of amides is 1. The monoisotopic (exact) mass is 158 g/mol. The van der Waals surface area contributed by atoms with Crippen LogP contribution in [0.3, 0.4) is 0 Å². The van der Waals surface area contributed by atoms with Crippen LogP contribution in [-0.4, -0.2) is 31.3 Å². The molecule has 0 fully saturated rings. The van der Waals surface area contributed by atoms with E-state index in [4.69, 9.17) is 0 Å². The first-order valence-corrected chi connectivity index (χ1v) is 3.60. The molecule has 2 N–H and O–H groups in total. The maximum absolute atomic E-state index is 10.8. The van der Waals surface area contributed by atoms with E-state index >= 15 is 0 Å².